The van der Waals surface area contributed by atoms with Crippen molar-refractivity contribution in [2.24, 2.45) is 0 Å². The van der Waals surface area contributed by atoms with Crippen molar-refractivity contribution in [3.8, 4) is 17.2 Å². The summed E-state index contributed by atoms with van der Waals surface area (Å²) in [5.41, 5.74) is -0.352. The molecule has 0 unspecified atom stereocenters. The summed E-state index contributed by atoms with van der Waals surface area (Å²) in [6, 6.07) is 7.53. The van der Waals surface area contributed by atoms with Crippen molar-refractivity contribution >= 4 is 29.0 Å². The fraction of sp³-hybridized carbons (Fsp3) is 0.143. The Labute approximate surface area is 168 Å². The van der Waals surface area contributed by atoms with Gasteiger partial charge >= 0.3 is 6.16 Å². The molecular weight excluding hydrogens is 400 g/mol. The van der Waals surface area contributed by atoms with Crippen LogP contribution in [-0.2, 0) is 4.74 Å². The molecule has 154 valence electrons. The summed E-state index contributed by atoms with van der Waals surface area (Å²) < 4.78 is 50.7. The number of aromatic nitrogens is 1. The predicted molar refractivity (Wildman–Crippen MR) is 104 cm³/mol. The van der Waals surface area contributed by atoms with Crippen molar-refractivity contribution in [1.82, 2.24) is 4.57 Å². The summed E-state index contributed by atoms with van der Waals surface area (Å²) in [5.74, 6) is -2.84. The molecule has 3 aromatic rings. The van der Waals surface area contributed by atoms with Crippen molar-refractivity contribution in [2.45, 2.75) is 6.92 Å². The molecular formula is C21H15F2NO6. The van der Waals surface area contributed by atoms with Crippen molar-refractivity contribution < 1.29 is 32.5 Å². The number of hydrogen-bond donors (Lipinski definition) is 0. The van der Waals surface area contributed by atoms with Gasteiger partial charge in [-0.25, -0.2) is 9.18 Å². The highest BCUT2D eigenvalue weighted by Gasteiger charge is 2.27. The molecule has 0 amide bonds. The first kappa shape index (κ1) is 19.4. The summed E-state index contributed by atoms with van der Waals surface area (Å²) in [7, 11) is 1.46. The van der Waals surface area contributed by atoms with E-state index in [1.807, 2.05) is 0 Å². The quantitative estimate of drug-likeness (QED) is 0.596. The van der Waals surface area contributed by atoms with Crippen molar-refractivity contribution in [3.05, 3.63) is 63.9 Å². The van der Waals surface area contributed by atoms with Gasteiger partial charge in [0.1, 0.15) is 11.3 Å². The van der Waals surface area contributed by atoms with E-state index in [2.05, 4.69) is 4.74 Å². The van der Waals surface area contributed by atoms with Crippen LogP contribution in [0.3, 0.4) is 0 Å². The Balaban J connectivity index is 1.97. The number of carbonyl (C=O) groups excluding carboxylic acids is 1. The number of hydrogen-bond acceptors (Lipinski definition) is 6. The molecule has 0 N–H and O–H groups in total. The van der Waals surface area contributed by atoms with Gasteiger partial charge < -0.3 is 23.5 Å². The molecule has 0 radical (unpaired) electrons. The minimum absolute atomic E-state index is 0.00578. The van der Waals surface area contributed by atoms with Gasteiger partial charge in [-0.05, 0) is 25.1 Å². The van der Waals surface area contributed by atoms with Crippen LogP contribution in [0, 0.1) is 11.6 Å². The molecule has 0 atom stereocenters. The van der Waals surface area contributed by atoms with Crippen LogP contribution in [0.4, 0.5) is 13.6 Å². The zero-order valence-electron chi connectivity index (χ0n) is 15.9. The number of nitrogens with zero attached hydrogens (tertiary/aromatic N) is 1. The molecule has 2 heterocycles. The lowest BCUT2D eigenvalue weighted by Crippen LogP contribution is -2.20. The van der Waals surface area contributed by atoms with E-state index in [0.717, 1.165) is 6.07 Å². The molecule has 0 aliphatic carbocycles. The number of carbonyl (C=O) groups is 1. The topological polar surface area (TPSA) is 76.0 Å². The monoisotopic (exact) mass is 415 g/mol. The second kappa shape index (κ2) is 7.51. The third-order valence-electron chi connectivity index (χ3n) is 4.43. The highest BCUT2D eigenvalue weighted by molar-refractivity contribution is 5.93. The molecule has 1 aromatic heterocycles. The molecule has 7 nitrogen and oxygen atoms in total. The van der Waals surface area contributed by atoms with Gasteiger partial charge in [-0.3, -0.25) is 4.79 Å². The summed E-state index contributed by atoms with van der Waals surface area (Å²) in [4.78, 5) is 24.4. The summed E-state index contributed by atoms with van der Waals surface area (Å²) in [6.07, 6.45) is 1.54. The van der Waals surface area contributed by atoms with E-state index >= 15 is 0 Å². The van der Waals surface area contributed by atoms with E-state index in [4.69, 9.17) is 14.2 Å². The van der Waals surface area contributed by atoms with Crippen LogP contribution in [0.2, 0.25) is 0 Å². The van der Waals surface area contributed by atoms with Gasteiger partial charge in [-0.2, -0.15) is 4.39 Å². The first-order valence-corrected chi connectivity index (χ1v) is 8.89. The number of halogens is 2. The maximum atomic E-state index is 14.6. The highest BCUT2D eigenvalue weighted by Crippen LogP contribution is 2.39. The van der Waals surface area contributed by atoms with E-state index < -0.39 is 34.7 Å². The third kappa shape index (κ3) is 3.14. The van der Waals surface area contributed by atoms with E-state index in [-0.39, 0.29) is 23.3 Å². The SMILES string of the molecule is CCOC(=O)Oc1cn2c3c(c(F)c(F)cc3c1=O)OC(c1ccccc1OC)=C2. The molecule has 9 heteroatoms. The number of pyridine rings is 1. The Bertz CT molecular complexity index is 1260. The molecule has 1 aliphatic heterocycles. The molecule has 0 saturated heterocycles. The Kier molecular flexibility index (Phi) is 4.86. The Hall–Kier alpha value is -3.88. The average Bonchev–Trinajstić information content (AvgIpc) is 2.74. The Morgan fingerprint density at radius 3 is 2.70 bits per heavy atom. The maximum absolute atomic E-state index is 14.6. The van der Waals surface area contributed by atoms with Crippen LogP contribution in [0.15, 0.2) is 41.3 Å². The van der Waals surface area contributed by atoms with E-state index in [1.54, 1.807) is 31.2 Å². The van der Waals surface area contributed by atoms with Crippen molar-refractivity contribution in [3.63, 3.8) is 0 Å². The summed E-state index contributed by atoms with van der Waals surface area (Å²) in [5, 5.41) is -0.221. The maximum Gasteiger partial charge on any atom is 0.514 e. The number of rotatable bonds is 4. The Morgan fingerprint density at radius 1 is 1.20 bits per heavy atom. The number of para-hydroxylation sites is 1. The normalized spacial score (nSPS) is 12.2. The van der Waals surface area contributed by atoms with Crippen molar-refractivity contribution in [1.29, 1.82) is 0 Å². The van der Waals surface area contributed by atoms with E-state index in [1.165, 1.54) is 24.1 Å². The molecule has 1 aliphatic rings. The zero-order valence-corrected chi connectivity index (χ0v) is 15.9. The second-order valence-electron chi connectivity index (χ2n) is 6.21. The minimum Gasteiger partial charge on any atom is -0.496 e. The lowest BCUT2D eigenvalue weighted by molar-refractivity contribution is 0.104. The van der Waals surface area contributed by atoms with Gasteiger partial charge in [0.05, 0.1) is 37.1 Å². The van der Waals surface area contributed by atoms with Gasteiger partial charge in [0.2, 0.25) is 11.2 Å². The highest BCUT2D eigenvalue weighted by atomic mass is 19.2. The number of benzene rings is 2. The van der Waals surface area contributed by atoms with Crippen LogP contribution >= 0.6 is 0 Å². The number of methoxy groups -OCH3 is 1. The largest absolute Gasteiger partial charge is 0.514 e. The van der Waals surface area contributed by atoms with Crippen molar-refractivity contribution in [2.75, 3.05) is 13.7 Å². The van der Waals surface area contributed by atoms with Gasteiger partial charge in [-0.15, -0.1) is 0 Å². The fourth-order valence-corrected chi connectivity index (χ4v) is 3.14. The molecule has 30 heavy (non-hydrogen) atoms. The zero-order chi connectivity index (χ0) is 21.4. The fourth-order valence-electron chi connectivity index (χ4n) is 3.14. The molecule has 4 rings (SSSR count). The molecule has 0 spiro atoms. The summed E-state index contributed by atoms with van der Waals surface area (Å²) >= 11 is 0. The number of ether oxygens (including phenoxy) is 4. The Morgan fingerprint density at radius 2 is 1.97 bits per heavy atom. The van der Waals surface area contributed by atoms with Gasteiger partial charge in [-0.1, -0.05) is 12.1 Å². The predicted octanol–water partition coefficient (Wildman–Crippen LogP) is 4.17. The smallest absolute Gasteiger partial charge is 0.496 e. The van der Waals surface area contributed by atoms with Gasteiger partial charge in [0.25, 0.3) is 0 Å². The molecule has 2 aromatic carbocycles. The van der Waals surface area contributed by atoms with Crippen LogP contribution in [0.1, 0.15) is 12.5 Å². The van der Waals surface area contributed by atoms with E-state index in [9.17, 15) is 18.4 Å². The third-order valence-corrected chi connectivity index (χ3v) is 4.43. The minimum atomic E-state index is -1.28. The lowest BCUT2D eigenvalue weighted by atomic mass is 10.1. The first-order chi connectivity index (χ1) is 14.4. The molecule has 0 bridgehead atoms. The lowest BCUT2D eigenvalue weighted by Gasteiger charge is -2.22. The molecule has 0 saturated carbocycles. The van der Waals surface area contributed by atoms with Crippen LogP contribution in [0.5, 0.6) is 17.2 Å². The molecule has 0 fully saturated rings. The second-order valence-corrected chi connectivity index (χ2v) is 6.21. The van der Waals surface area contributed by atoms with Crippen LogP contribution in [-0.4, -0.2) is 24.4 Å². The van der Waals surface area contributed by atoms with Gasteiger partial charge in [0.15, 0.2) is 23.1 Å². The summed E-state index contributed by atoms with van der Waals surface area (Å²) in [6.45, 7) is 1.61. The van der Waals surface area contributed by atoms with E-state index in [0.29, 0.717) is 11.3 Å². The standard InChI is InChI=1S/C21H15F2NO6/c1-3-28-21(26)30-16-10-24-9-15(11-6-4-5-7-14(11)27-2)29-20-17(23)13(22)8-12(18(20)24)19(16)25/h4-10H,3H2,1-2H3. The average molecular weight is 415 g/mol. The van der Waals surface area contributed by atoms with Crippen LogP contribution in [0.25, 0.3) is 22.9 Å². The first-order valence-electron chi connectivity index (χ1n) is 8.89. The van der Waals surface area contributed by atoms with Crippen LogP contribution < -0.4 is 19.6 Å². The van der Waals surface area contributed by atoms with Gasteiger partial charge in [0, 0.05) is 0 Å².